The predicted molar refractivity (Wildman–Crippen MR) is 138 cm³/mol. The second-order valence-corrected chi connectivity index (χ2v) is 9.62. The largest absolute Gasteiger partial charge is 0.481 e. The van der Waals surface area contributed by atoms with Gasteiger partial charge in [-0.25, -0.2) is 0 Å². The van der Waals surface area contributed by atoms with E-state index in [-0.39, 0.29) is 0 Å². The fourth-order valence-corrected chi connectivity index (χ4v) is 4.29. The predicted octanol–water partition coefficient (Wildman–Crippen LogP) is 10.4. The molecule has 0 amide bonds. The summed E-state index contributed by atoms with van der Waals surface area (Å²) >= 11 is 0. The normalized spacial score (nSPS) is 11.5. The second-order valence-electron chi connectivity index (χ2n) is 9.62. The number of hydrogen-bond donors (Lipinski definition) is 1. The summed E-state index contributed by atoms with van der Waals surface area (Å²) in [6.07, 6.45) is 37.5. The molecule has 2 nitrogen and oxygen atoms in total. The van der Waals surface area contributed by atoms with Gasteiger partial charge in [0.1, 0.15) is 0 Å². The van der Waals surface area contributed by atoms with Crippen LogP contribution in [0, 0.1) is 0 Å². The molecule has 0 atom stereocenters. The average Bonchev–Trinajstić information content (AvgIpc) is 2.76. The highest BCUT2D eigenvalue weighted by Gasteiger charge is 1.97. The lowest BCUT2D eigenvalue weighted by molar-refractivity contribution is -0.137. The molecule has 0 radical (unpaired) electrons. The summed E-state index contributed by atoms with van der Waals surface area (Å²) in [5, 5.41) is 8.60. The molecule has 0 unspecified atom stereocenters. The van der Waals surface area contributed by atoms with E-state index in [0.29, 0.717) is 6.42 Å². The van der Waals surface area contributed by atoms with Crippen molar-refractivity contribution in [3.63, 3.8) is 0 Å². The maximum absolute atomic E-state index is 10.4. The molecule has 0 aliphatic carbocycles. The summed E-state index contributed by atoms with van der Waals surface area (Å²) in [6, 6.07) is 0. The summed E-state index contributed by atoms with van der Waals surface area (Å²) in [5.41, 5.74) is 0. The van der Waals surface area contributed by atoms with E-state index < -0.39 is 5.97 Å². The molecule has 0 heterocycles. The van der Waals surface area contributed by atoms with Gasteiger partial charge in [0.25, 0.3) is 0 Å². The summed E-state index contributed by atoms with van der Waals surface area (Å²) in [6.45, 7) is 2.28. The zero-order valence-corrected chi connectivity index (χ0v) is 21.2. The van der Waals surface area contributed by atoms with Gasteiger partial charge < -0.3 is 5.11 Å². The first-order valence-corrected chi connectivity index (χ1v) is 14.1. The Balaban J connectivity index is 3.06. The highest BCUT2D eigenvalue weighted by atomic mass is 16.4. The second kappa shape index (κ2) is 27.2. The van der Waals surface area contributed by atoms with E-state index in [4.69, 9.17) is 5.11 Å². The molecule has 0 spiro atoms. The summed E-state index contributed by atoms with van der Waals surface area (Å²) in [7, 11) is 0. The van der Waals surface area contributed by atoms with Crippen molar-refractivity contribution in [2.24, 2.45) is 0 Å². The van der Waals surface area contributed by atoms with Crippen molar-refractivity contribution in [2.75, 3.05) is 0 Å². The van der Waals surface area contributed by atoms with Gasteiger partial charge in [0, 0.05) is 6.42 Å². The number of allylic oxidation sites excluding steroid dienone is 2. The molecule has 0 aliphatic heterocycles. The minimum Gasteiger partial charge on any atom is -0.481 e. The van der Waals surface area contributed by atoms with Gasteiger partial charge in [-0.2, -0.15) is 0 Å². The first kappa shape index (κ1) is 30.2. The Morgan fingerprint density at radius 2 is 0.774 bits per heavy atom. The Hall–Kier alpha value is -0.790. The van der Waals surface area contributed by atoms with Gasteiger partial charge in [-0.05, 0) is 32.1 Å². The SMILES string of the molecule is CCCCCCCC/C=C\CCCCCCCCCCCCCCCCCCC(=O)O. The average molecular weight is 437 g/mol. The van der Waals surface area contributed by atoms with Crippen LogP contribution in [0.25, 0.3) is 0 Å². The Kier molecular flexibility index (Phi) is 26.5. The minimum absolute atomic E-state index is 0.344. The van der Waals surface area contributed by atoms with Crippen LogP contribution in [0.4, 0.5) is 0 Å². The van der Waals surface area contributed by atoms with Crippen molar-refractivity contribution < 1.29 is 9.90 Å². The minimum atomic E-state index is -0.651. The van der Waals surface area contributed by atoms with E-state index >= 15 is 0 Å². The van der Waals surface area contributed by atoms with Crippen molar-refractivity contribution in [1.29, 1.82) is 0 Å². The molecule has 0 saturated heterocycles. The number of aliphatic carboxylic acids is 1. The topological polar surface area (TPSA) is 37.3 Å². The number of hydrogen-bond acceptors (Lipinski definition) is 1. The quantitative estimate of drug-likeness (QED) is 0.108. The molecule has 0 aromatic carbocycles. The summed E-state index contributed by atoms with van der Waals surface area (Å²) < 4.78 is 0. The van der Waals surface area contributed by atoms with Gasteiger partial charge in [0.05, 0.1) is 0 Å². The van der Waals surface area contributed by atoms with Crippen LogP contribution >= 0.6 is 0 Å². The molecular weight excluding hydrogens is 380 g/mol. The van der Waals surface area contributed by atoms with Crippen LogP contribution in [0.5, 0.6) is 0 Å². The number of rotatable bonds is 26. The summed E-state index contributed by atoms with van der Waals surface area (Å²) in [5.74, 6) is -0.651. The zero-order chi connectivity index (χ0) is 22.7. The van der Waals surface area contributed by atoms with Crippen LogP contribution in [0.15, 0.2) is 12.2 Å². The molecule has 0 rings (SSSR count). The van der Waals surface area contributed by atoms with Crippen molar-refractivity contribution in [1.82, 2.24) is 0 Å². The fraction of sp³-hybridized carbons (Fsp3) is 0.897. The van der Waals surface area contributed by atoms with Crippen molar-refractivity contribution in [3.05, 3.63) is 12.2 Å². The van der Waals surface area contributed by atoms with Crippen LogP contribution in [0.2, 0.25) is 0 Å². The first-order chi connectivity index (χ1) is 15.3. The highest BCUT2D eigenvalue weighted by molar-refractivity contribution is 5.66. The van der Waals surface area contributed by atoms with E-state index in [1.165, 1.54) is 141 Å². The van der Waals surface area contributed by atoms with Crippen LogP contribution in [0.3, 0.4) is 0 Å². The Bertz CT molecular complexity index is 375. The number of carbonyl (C=O) groups is 1. The van der Waals surface area contributed by atoms with E-state index in [0.717, 1.165) is 12.8 Å². The van der Waals surface area contributed by atoms with Gasteiger partial charge >= 0.3 is 5.97 Å². The van der Waals surface area contributed by atoms with E-state index in [2.05, 4.69) is 19.1 Å². The molecule has 0 aromatic heterocycles. The van der Waals surface area contributed by atoms with Gasteiger partial charge in [-0.15, -0.1) is 0 Å². The van der Waals surface area contributed by atoms with Crippen LogP contribution in [0.1, 0.15) is 167 Å². The molecule has 31 heavy (non-hydrogen) atoms. The van der Waals surface area contributed by atoms with E-state index in [1.807, 2.05) is 0 Å². The fourth-order valence-electron chi connectivity index (χ4n) is 4.29. The highest BCUT2D eigenvalue weighted by Crippen LogP contribution is 2.14. The molecule has 0 bridgehead atoms. The molecule has 0 fully saturated rings. The smallest absolute Gasteiger partial charge is 0.303 e. The summed E-state index contributed by atoms with van der Waals surface area (Å²) in [4.78, 5) is 10.4. The number of unbranched alkanes of at least 4 members (excludes halogenated alkanes) is 22. The van der Waals surface area contributed by atoms with Gasteiger partial charge in [-0.3, -0.25) is 4.79 Å². The lowest BCUT2D eigenvalue weighted by Gasteiger charge is -2.03. The molecule has 0 saturated carbocycles. The maximum atomic E-state index is 10.4. The number of carboxylic acid groups (broad SMARTS) is 1. The Labute approximate surface area is 195 Å². The third-order valence-electron chi connectivity index (χ3n) is 6.40. The van der Waals surface area contributed by atoms with Crippen LogP contribution < -0.4 is 0 Å². The van der Waals surface area contributed by atoms with Crippen LogP contribution in [-0.2, 0) is 4.79 Å². The lowest BCUT2D eigenvalue weighted by Crippen LogP contribution is -1.93. The molecular formula is C29H56O2. The Morgan fingerprint density at radius 3 is 1.10 bits per heavy atom. The zero-order valence-electron chi connectivity index (χ0n) is 21.2. The molecule has 0 aromatic rings. The lowest BCUT2D eigenvalue weighted by atomic mass is 10.0. The van der Waals surface area contributed by atoms with E-state index in [9.17, 15) is 4.79 Å². The monoisotopic (exact) mass is 436 g/mol. The van der Waals surface area contributed by atoms with Crippen LogP contribution in [-0.4, -0.2) is 11.1 Å². The standard InChI is InChI=1S/C29H56O2/c1-2-3-4-5-6-7-8-9-10-11-12-13-14-15-16-17-18-19-20-21-22-23-24-25-26-27-28-29(30)31/h9-10H,2-8,11-28H2,1H3,(H,30,31)/b10-9-. The number of carboxylic acids is 1. The third-order valence-corrected chi connectivity index (χ3v) is 6.40. The van der Waals surface area contributed by atoms with Crippen molar-refractivity contribution in [2.45, 2.75) is 167 Å². The molecule has 184 valence electrons. The first-order valence-electron chi connectivity index (χ1n) is 14.1. The maximum Gasteiger partial charge on any atom is 0.303 e. The van der Waals surface area contributed by atoms with E-state index in [1.54, 1.807) is 0 Å². The van der Waals surface area contributed by atoms with Gasteiger partial charge in [-0.1, -0.05) is 141 Å². The van der Waals surface area contributed by atoms with Crippen molar-refractivity contribution in [3.8, 4) is 0 Å². The van der Waals surface area contributed by atoms with Crippen molar-refractivity contribution >= 4 is 5.97 Å². The molecule has 0 aliphatic rings. The Morgan fingerprint density at radius 1 is 0.484 bits per heavy atom. The third kappa shape index (κ3) is 29.2. The van der Waals surface area contributed by atoms with Gasteiger partial charge in [0.15, 0.2) is 0 Å². The molecule has 2 heteroatoms. The van der Waals surface area contributed by atoms with Gasteiger partial charge in [0.2, 0.25) is 0 Å². The molecule has 1 N–H and O–H groups in total.